The summed E-state index contributed by atoms with van der Waals surface area (Å²) < 4.78 is 10.5. The van der Waals surface area contributed by atoms with Crippen molar-refractivity contribution < 1.29 is 14.3 Å². The number of nitrogens with one attached hydrogen (secondary N) is 1. The van der Waals surface area contributed by atoms with Gasteiger partial charge in [-0.15, -0.1) is 0 Å². The van der Waals surface area contributed by atoms with E-state index in [1.54, 1.807) is 20.4 Å². The van der Waals surface area contributed by atoms with E-state index >= 15 is 0 Å². The molecule has 1 aromatic rings. The number of rotatable bonds is 5. The number of nitrogens with zero attached hydrogens (tertiary/aromatic N) is 2. The number of aromatic nitrogens is 2. The van der Waals surface area contributed by atoms with Crippen LogP contribution in [0.3, 0.4) is 0 Å². The van der Waals surface area contributed by atoms with Crippen LogP contribution in [-0.4, -0.2) is 60.5 Å². The molecule has 0 unspecified atom stereocenters. The van der Waals surface area contributed by atoms with Crippen LogP contribution in [0.25, 0.3) is 0 Å². The normalized spacial score (nSPS) is 23.6. The molecule has 2 heterocycles. The van der Waals surface area contributed by atoms with Crippen LogP contribution in [0.15, 0.2) is 12.3 Å². The number of ether oxygens (including phenoxy) is 2. The Bertz CT molecular complexity index is 380. The van der Waals surface area contributed by atoms with Gasteiger partial charge in [0.25, 0.3) is 0 Å². The first-order valence-corrected chi connectivity index (χ1v) is 6.04. The Hall–Kier alpha value is -1.40. The Morgan fingerprint density at radius 1 is 1.61 bits per heavy atom. The first kappa shape index (κ1) is 13.0. The van der Waals surface area contributed by atoms with Gasteiger partial charge in [-0.3, -0.25) is 9.89 Å². The van der Waals surface area contributed by atoms with Crippen molar-refractivity contribution in [1.29, 1.82) is 0 Å². The summed E-state index contributed by atoms with van der Waals surface area (Å²) in [6.45, 7) is 1.19. The minimum Gasteiger partial charge on any atom is -0.383 e. The van der Waals surface area contributed by atoms with E-state index in [-0.39, 0.29) is 18.1 Å². The summed E-state index contributed by atoms with van der Waals surface area (Å²) in [5, 5.41) is 6.65. The van der Waals surface area contributed by atoms with Crippen LogP contribution < -0.4 is 0 Å². The smallest absolute Gasteiger partial charge is 0.228 e. The fourth-order valence-corrected chi connectivity index (χ4v) is 2.35. The Morgan fingerprint density at radius 3 is 3.06 bits per heavy atom. The van der Waals surface area contributed by atoms with Crippen molar-refractivity contribution in [3.05, 3.63) is 18.0 Å². The molecule has 2 atom stereocenters. The third-order valence-corrected chi connectivity index (χ3v) is 3.29. The summed E-state index contributed by atoms with van der Waals surface area (Å²) in [7, 11) is 3.33. The second-order valence-corrected chi connectivity index (χ2v) is 4.51. The van der Waals surface area contributed by atoms with E-state index in [9.17, 15) is 4.79 Å². The highest BCUT2D eigenvalue weighted by Crippen LogP contribution is 2.21. The lowest BCUT2D eigenvalue weighted by molar-refractivity contribution is -0.132. The van der Waals surface area contributed by atoms with Crippen molar-refractivity contribution in [3.63, 3.8) is 0 Å². The van der Waals surface area contributed by atoms with Crippen LogP contribution in [-0.2, 0) is 20.7 Å². The molecule has 100 valence electrons. The maximum atomic E-state index is 12.2. The molecule has 1 aliphatic heterocycles. The standard InChI is InChI=1S/C12H19N3O3/c1-17-8-10-6-11(18-2)7-15(10)12(16)5-9-3-4-13-14-9/h3-4,10-11H,5-8H2,1-2H3,(H,13,14)/t10-,11+/m0/s1. The molecule has 1 saturated heterocycles. The molecule has 1 aromatic heterocycles. The number of carbonyl (C=O) groups excluding carboxylic acids is 1. The number of amides is 1. The van der Waals surface area contributed by atoms with Gasteiger partial charge in [0, 0.05) is 32.7 Å². The topological polar surface area (TPSA) is 67.5 Å². The van der Waals surface area contributed by atoms with Crippen molar-refractivity contribution in [1.82, 2.24) is 15.1 Å². The summed E-state index contributed by atoms with van der Waals surface area (Å²) in [5.74, 6) is 0.0841. The zero-order valence-corrected chi connectivity index (χ0v) is 10.8. The lowest BCUT2D eigenvalue weighted by atomic mass is 10.2. The Morgan fingerprint density at radius 2 is 2.44 bits per heavy atom. The van der Waals surface area contributed by atoms with E-state index in [4.69, 9.17) is 9.47 Å². The first-order valence-electron chi connectivity index (χ1n) is 6.04. The van der Waals surface area contributed by atoms with Crippen molar-refractivity contribution in [2.24, 2.45) is 0 Å². The summed E-state index contributed by atoms with van der Waals surface area (Å²) in [6.07, 6.45) is 2.93. The summed E-state index contributed by atoms with van der Waals surface area (Å²) >= 11 is 0. The fraction of sp³-hybridized carbons (Fsp3) is 0.667. The number of hydrogen-bond acceptors (Lipinski definition) is 4. The van der Waals surface area contributed by atoms with Crippen LogP contribution in [0.2, 0.25) is 0 Å². The number of likely N-dealkylation sites (tertiary alicyclic amines) is 1. The summed E-state index contributed by atoms with van der Waals surface area (Å²) in [5.41, 5.74) is 0.831. The highest BCUT2D eigenvalue weighted by atomic mass is 16.5. The Kier molecular flexibility index (Phi) is 4.33. The van der Waals surface area contributed by atoms with Gasteiger partial charge < -0.3 is 14.4 Å². The fourth-order valence-electron chi connectivity index (χ4n) is 2.35. The first-order chi connectivity index (χ1) is 8.74. The van der Waals surface area contributed by atoms with Crippen molar-refractivity contribution in [2.45, 2.75) is 25.0 Å². The van der Waals surface area contributed by atoms with E-state index in [0.717, 1.165) is 12.1 Å². The van der Waals surface area contributed by atoms with E-state index in [2.05, 4.69) is 10.2 Å². The second-order valence-electron chi connectivity index (χ2n) is 4.51. The molecule has 6 nitrogen and oxygen atoms in total. The zero-order valence-electron chi connectivity index (χ0n) is 10.8. The molecule has 1 fully saturated rings. The van der Waals surface area contributed by atoms with Gasteiger partial charge in [0.15, 0.2) is 0 Å². The number of H-pyrrole nitrogens is 1. The van der Waals surface area contributed by atoms with Crippen LogP contribution in [0.1, 0.15) is 12.1 Å². The minimum absolute atomic E-state index is 0.0841. The average Bonchev–Trinajstić information content (AvgIpc) is 2.98. The Balaban J connectivity index is 1.98. The predicted molar refractivity (Wildman–Crippen MR) is 65.1 cm³/mol. The molecule has 2 rings (SSSR count). The van der Waals surface area contributed by atoms with Crippen LogP contribution in [0.5, 0.6) is 0 Å². The molecule has 1 amide bonds. The van der Waals surface area contributed by atoms with Crippen LogP contribution in [0, 0.1) is 0 Å². The lowest BCUT2D eigenvalue weighted by Gasteiger charge is -2.23. The monoisotopic (exact) mass is 253 g/mol. The number of carbonyl (C=O) groups is 1. The highest BCUT2D eigenvalue weighted by molar-refractivity contribution is 5.79. The van der Waals surface area contributed by atoms with E-state index in [1.165, 1.54) is 0 Å². The maximum Gasteiger partial charge on any atom is 0.228 e. The van der Waals surface area contributed by atoms with Gasteiger partial charge >= 0.3 is 0 Å². The molecule has 0 bridgehead atoms. The van der Waals surface area contributed by atoms with Gasteiger partial charge in [-0.25, -0.2) is 0 Å². The van der Waals surface area contributed by atoms with Crippen molar-refractivity contribution >= 4 is 5.91 Å². The molecule has 0 radical (unpaired) electrons. The highest BCUT2D eigenvalue weighted by Gasteiger charge is 2.35. The maximum absolute atomic E-state index is 12.2. The summed E-state index contributed by atoms with van der Waals surface area (Å²) in [4.78, 5) is 14.1. The van der Waals surface area contributed by atoms with E-state index in [1.807, 2.05) is 11.0 Å². The molecule has 0 spiro atoms. The van der Waals surface area contributed by atoms with Gasteiger partial charge in [-0.05, 0) is 12.5 Å². The molecule has 1 N–H and O–H groups in total. The summed E-state index contributed by atoms with van der Waals surface area (Å²) in [6, 6.07) is 1.92. The quantitative estimate of drug-likeness (QED) is 0.815. The average molecular weight is 253 g/mol. The van der Waals surface area contributed by atoms with E-state index in [0.29, 0.717) is 19.6 Å². The van der Waals surface area contributed by atoms with Gasteiger partial charge in [-0.1, -0.05) is 0 Å². The zero-order chi connectivity index (χ0) is 13.0. The predicted octanol–water partition coefficient (Wildman–Crippen LogP) is 0.214. The van der Waals surface area contributed by atoms with Gasteiger partial charge in [-0.2, -0.15) is 5.10 Å². The molecule has 1 aliphatic rings. The van der Waals surface area contributed by atoms with Crippen molar-refractivity contribution in [3.8, 4) is 0 Å². The molecule has 18 heavy (non-hydrogen) atoms. The third kappa shape index (κ3) is 2.88. The molecule has 6 heteroatoms. The number of aromatic amines is 1. The third-order valence-electron chi connectivity index (χ3n) is 3.29. The van der Waals surface area contributed by atoms with E-state index < -0.39 is 0 Å². The molecule has 0 aliphatic carbocycles. The largest absolute Gasteiger partial charge is 0.383 e. The van der Waals surface area contributed by atoms with Gasteiger partial charge in [0.1, 0.15) is 0 Å². The second kappa shape index (κ2) is 5.97. The molecular formula is C12H19N3O3. The number of hydrogen-bond donors (Lipinski definition) is 1. The minimum atomic E-state index is 0.0841. The van der Waals surface area contributed by atoms with Crippen LogP contribution >= 0.6 is 0 Å². The van der Waals surface area contributed by atoms with Gasteiger partial charge in [0.05, 0.1) is 25.2 Å². The molecule has 0 aromatic carbocycles. The van der Waals surface area contributed by atoms with Gasteiger partial charge in [0.2, 0.25) is 5.91 Å². The lowest BCUT2D eigenvalue weighted by Crippen LogP contribution is -2.39. The van der Waals surface area contributed by atoms with Crippen LogP contribution in [0.4, 0.5) is 0 Å². The molecule has 0 saturated carbocycles. The Labute approximate surface area is 106 Å². The van der Waals surface area contributed by atoms with Crippen molar-refractivity contribution in [2.75, 3.05) is 27.4 Å². The number of methoxy groups -OCH3 is 2. The molecular weight excluding hydrogens is 234 g/mol. The SMILES string of the molecule is COC[C@@H]1C[C@@H](OC)CN1C(=O)Cc1ccn[nH]1.